The van der Waals surface area contributed by atoms with Crippen molar-refractivity contribution in [1.82, 2.24) is 24.9 Å². The number of pyridine rings is 1. The molecule has 3 rings (SSSR count). The third-order valence-corrected chi connectivity index (χ3v) is 2.08. The molecule has 16 heavy (non-hydrogen) atoms. The molecule has 6 nitrogen and oxygen atoms in total. The molecule has 0 saturated carbocycles. The second kappa shape index (κ2) is 3.58. The van der Waals surface area contributed by atoms with Gasteiger partial charge in [-0.3, -0.25) is 0 Å². The van der Waals surface area contributed by atoms with E-state index in [1.54, 1.807) is 18.7 Å². The number of imidazole rings is 1. The summed E-state index contributed by atoms with van der Waals surface area (Å²) in [5.74, 6) is 1.19. The quantitative estimate of drug-likeness (QED) is 0.672. The van der Waals surface area contributed by atoms with Gasteiger partial charge in [0.15, 0.2) is 5.65 Å². The zero-order chi connectivity index (χ0) is 10.8. The van der Waals surface area contributed by atoms with Gasteiger partial charge in [0.2, 0.25) is 5.95 Å². The van der Waals surface area contributed by atoms with Crippen molar-refractivity contribution in [2.75, 3.05) is 5.32 Å². The van der Waals surface area contributed by atoms with Crippen molar-refractivity contribution >= 4 is 22.9 Å². The molecule has 0 unspecified atom stereocenters. The summed E-state index contributed by atoms with van der Waals surface area (Å²) >= 11 is 0. The number of fused-ring (bicyclic) bond motifs is 1. The minimum Gasteiger partial charge on any atom is -0.342 e. The van der Waals surface area contributed by atoms with E-state index in [0.29, 0.717) is 17.4 Å². The highest BCUT2D eigenvalue weighted by Gasteiger charge is 2.01. The second-order valence-electron chi connectivity index (χ2n) is 3.17. The van der Waals surface area contributed by atoms with E-state index in [2.05, 4.69) is 30.2 Å². The molecule has 0 aromatic carbocycles. The van der Waals surface area contributed by atoms with Gasteiger partial charge in [0, 0.05) is 6.20 Å². The summed E-state index contributed by atoms with van der Waals surface area (Å²) in [7, 11) is 0. The molecule has 0 amide bonds. The molecule has 3 aromatic rings. The van der Waals surface area contributed by atoms with Crippen LogP contribution in [0.25, 0.3) is 11.2 Å². The van der Waals surface area contributed by atoms with E-state index in [0.717, 1.165) is 5.52 Å². The van der Waals surface area contributed by atoms with Gasteiger partial charge in [0.05, 0.1) is 12.5 Å². The molecule has 0 spiro atoms. The zero-order valence-corrected chi connectivity index (χ0v) is 8.25. The van der Waals surface area contributed by atoms with Crippen molar-refractivity contribution in [3.05, 3.63) is 36.9 Å². The fraction of sp³-hybridized carbons (Fsp3) is 0. The molecule has 0 fully saturated rings. The van der Waals surface area contributed by atoms with Crippen LogP contribution in [0.5, 0.6) is 0 Å². The molecule has 0 aliphatic carbocycles. The fourth-order valence-electron chi connectivity index (χ4n) is 1.35. The number of rotatable bonds is 2. The van der Waals surface area contributed by atoms with Crippen molar-refractivity contribution < 1.29 is 0 Å². The van der Waals surface area contributed by atoms with Gasteiger partial charge in [0.25, 0.3) is 0 Å². The summed E-state index contributed by atoms with van der Waals surface area (Å²) in [4.78, 5) is 19.5. The molecule has 3 aromatic heterocycles. The standard InChI is InChI=1S/C10H8N6/c1-2-4-11-8(3-1)15-10-12-5-7-9(16-10)14-6-13-7/h1-6H,(H2,11,12,13,14,15,16). The Morgan fingerprint density at radius 3 is 3.00 bits per heavy atom. The van der Waals surface area contributed by atoms with E-state index in [4.69, 9.17) is 0 Å². The molecule has 3 heterocycles. The lowest BCUT2D eigenvalue weighted by Crippen LogP contribution is -1.98. The normalized spacial score (nSPS) is 10.5. The van der Waals surface area contributed by atoms with Crippen LogP contribution in [0.1, 0.15) is 0 Å². The van der Waals surface area contributed by atoms with E-state index in [9.17, 15) is 0 Å². The zero-order valence-electron chi connectivity index (χ0n) is 8.25. The van der Waals surface area contributed by atoms with Crippen molar-refractivity contribution in [1.29, 1.82) is 0 Å². The van der Waals surface area contributed by atoms with Gasteiger partial charge < -0.3 is 10.3 Å². The topological polar surface area (TPSA) is 79.4 Å². The number of nitrogens with zero attached hydrogens (tertiary/aromatic N) is 4. The predicted octanol–water partition coefficient (Wildman–Crippen LogP) is 1.49. The molecule has 0 atom stereocenters. The van der Waals surface area contributed by atoms with E-state index < -0.39 is 0 Å². The number of anilines is 2. The Morgan fingerprint density at radius 1 is 1.12 bits per heavy atom. The fourth-order valence-corrected chi connectivity index (χ4v) is 1.35. The van der Waals surface area contributed by atoms with Crippen LogP contribution in [-0.2, 0) is 0 Å². The maximum atomic E-state index is 4.23. The van der Waals surface area contributed by atoms with E-state index in [1.165, 1.54) is 0 Å². The molecular formula is C10H8N6. The van der Waals surface area contributed by atoms with Gasteiger partial charge in [-0.05, 0) is 12.1 Å². The Hall–Kier alpha value is -2.50. The predicted molar refractivity (Wildman–Crippen MR) is 59.2 cm³/mol. The highest BCUT2D eigenvalue weighted by atomic mass is 15.2. The van der Waals surface area contributed by atoms with Crippen LogP contribution in [0.15, 0.2) is 36.9 Å². The van der Waals surface area contributed by atoms with E-state index >= 15 is 0 Å². The molecule has 78 valence electrons. The summed E-state index contributed by atoms with van der Waals surface area (Å²) < 4.78 is 0. The molecule has 0 radical (unpaired) electrons. The molecule has 2 N–H and O–H groups in total. The lowest BCUT2D eigenvalue weighted by molar-refractivity contribution is 1.17. The first-order chi connectivity index (χ1) is 7.92. The van der Waals surface area contributed by atoms with Crippen molar-refractivity contribution in [2.45, 2.75) is 0 Å². The maximum absolute atomic E-state index is 4.23. The van der Waals surface area contributed by atoms with Gasteiger partial charge in [-0.2, -0.15) is 4.98 Å². The molecule has 0 aliphatic rings. The Bertz CT molecular complexity index is 603. The monoisotopic (exact) mass is 212 g/mol. The SMILES string of the molecule is c1ccc(Nc2ncc3[nH]cnc3n2)nc1. The Morgan fingerprint density at radius 2 is 2.12 bits per heavy atom. The summed E-state index contributed by atoms with van der Waals surface area (Å²) in [6.07, 6.45) is 4.97. The molecule has 0 bridgehead atoms. The highest BCUT2D eigenvalue weighted by molar-refractivity contribution is 5.70. The number of aromatic nitrogens is 5. The van der Waals surface area contributed by atoms with Crippen molar-refractivity contribution in [2.24, 2.45) is 0 Å². The Labute approximate surface area is 90.8 Å². The molecule has 6 heteroatoms. The highest BCUT2D eigenvalue weighted by Crippen LogP contribution is 2.11. The molecule has 0 aliphatic heterocycles. The Kier molecular flexibility index (Phi) is 1.96. The second-order valence-corrected chi connectivity index (χ2v) is 3.17. The summed E-state index contributed by atoms with van der Waals surface area (Å²) in [5, 5.41) is 3.00. The molecule has 0 saturated heterocycles. The summed E-state index contributed by atoms with van der Waals surface area (Å²) in [6.45, 7) is 0. The lowest BCUT2D eigenvalue weighted by atomic mass is 10.5. The average molecular weight is 212 g/mol. The third-order valence-electron chi connectivity index (χ3n) is 2.08. The summed E-state index contributed by atoms with van der Waals surface area (Å²) in [5.41, 5.74) is 1.44. The minimum atomic E-state index is 0.485. The first-order valence-electron chi connectivity index (χ1n) is 4.76. The van der Waals surface area contributed by atoms with Crippen LogP contribution in [0, 0.1) is 0 Å². The third kappa shape index (κ3) is 1.56. The average Bonchev–Trinajstić information content (AvgIpc) is 2.77. The number of hydrogen-bond acceptors (Lipinski definition) is 5. The van der Waals surface area contributed by atoms with Crippen LogP contribution >= 0.6 is 0 Å². The van der Waals surface area contributed by atoms with Crippen LogP contribution < -0.4 is 5.32 Å². The van der Waals surface area contributed by atoms with E-state index in [-0.39, 0.29) is 0 Å². The van der Waals surface area contributed by atoms with Gasteiger partial charge in [-0.25, -0.2) is 15.0 Å². The van der Waals surface area contributed by atoms with Gasteiger partial charge in [-0.15, -0.1) is 0 Å². The maximum Gasteiger partial charge on any atom is 0.230 e. The van der Waals surface area contributed by atoms with Crippen LogP contribution in [0.4, 0.5) is 11.8 Å². The van der Waals surface area contributed by atoms with Crippen molar-refractivity contribution in [3.8, 4) is 0 Å². The van der Waals surface area contributed by atoms with Crippen LogP contribution in [0.3, 0.4) is 0 Å². The number of aromatic amines is 1. The van der Waals surface area contributed by atoms with E-state index in [1.807, 2.05) is 18.2 Å². The minimum absolute atomic E-state index is 0.485. The first kappa shape index (κ1) is 8.78. The van der Waals surface area contributed by atoms with Gasteiger partial charge >= 0.3 is 0 Å². The largest absolute Gasteiger partial charge is 0.342 e. The van der Waals surface area contributed by atoms with Crippen LogP contribution in [-0.4, -0.2) is 24.9 Å². The molecular weight excluding hydrogens is 204 g/mol. The lowest BCUT2D eigenvalue weighted by Gasteiger charge is -2.01. The summed E-state index contributed by atoms with van der Waals surface area (Å²) in [6, 6.07) is 5.59. The first-order valence-corrected chi connectivity index (χ1v) is 4.76. The van der Waals surface area contributed by atoms with Crippen molar-refractivity contribution in [3.63, 3.8) is 0 Å². The van der Waals surface area contributed by atoms with Gasteiger partial charge in [0.1, 0.15) is 11.3 Å². The number of nitrogens with one attached hydrogen (secondary N) is 2. The van der Waals surface area contributed by atoms with Crippen LogP contribution in [0.2, 0.25) is 0 Å². The Balaban J connectivity index is 1.94. The van der Waals surface area contributed by atoms with Gasteiger partial charge in [-0.1, -0.05) is 6.07 Å². The number of hydrogen-bond donors (Lipinski definition) is 2. The number of H-pyrrole nitrogens is 1. The smallest absolute Gasteiger partial charge is 0.230 e.